The second kappa shape index (κ2) is 22.7. The van der Waals surface area contributed by atoms with Gasteiger partial charge in [0.05, 0.1) is 33.9 Å². The predicted molar refractivity (Wildman–Crippen MR) is 249 cm³/mol. The lowest BCUT2D eigenvalue weighted by molar-refractivity contribution is -0.256. The van der Waals surface area contributed by atoms with E-state index < -0.39 is 75.1 Å². The first-order valence-electron chi connectivity index (χ1n) is 21.4. The average molecular weight is 991 g/mol. The Kier molecular flexibility index (Phi) is 16.7. The molecule has 4 aromatic carbocycles. The van der Waals surface area contributed by atoms with Crippen LogP contribution in [0.3, 0.4) is 0 Å². The van der Waals surface area contributed by atoms with E-state index in [1.807, 2.05) is 0 Å². The molecule has 0 spiro atoms. The molecule has 8 rings (SSSR count). The molecule has 0 aromatic heterocycles. The third-order valence-electron chi connectivity index (χ3n) is 11.8. The molecule has 0 unspecified atom stereocenters. The van der Waals surface area contributed by atoms with Crippen LogP contribution in [-0.2, 0) is 0 Å². The van der Waals surface area contributed by atoms with Crippen molar-refractivity contribution in [1.82, 2.24) is 0 Å². The molecule has 4 fully saturated rings. The highest BCUT2D eigenvalue weighted by Gasteiger charge is 2.62. The summed E-state index contributed by atoms with van der Waals surface area (Å²) in [6.07, 6.45) is 46.4. The van der Waals surface area contributed by atoms with Crippen LogP contribution in [0.25, 0.3) is 5.57 Å². The zero-order valence-corrected chi connectivity index (χ0v) is 39.2. The predicted octanol–water partition coefficient (Wildman–Crippen LogP) is 4.75. The molecule has 0 bridgehead atoms. The van der Waals surface area contributed by atoms with Gasteiger partial charge in [-0.1, -0.05) is 59.6 Å². The number of halogens is 2. The third-order valence-corrected chi connectivity index (χ3v) is 12.3. The van der Waals surface area contributed by atoms with Crippen molar-refractivity contribution in [3.63, 3.8) is 0 Å². The van der Waals surface area contributed by atoms with E-state index in [0.29, 0.717) is 17.8 Å². The first-order valence-corrected chi connectivity index (χ1v) is 22.1. The van der Waals surface area contributed by atoms with Crippen LogP contribution in [0.15, 0.2) is 72.8 Å². The van der Waals surface area contributed by atoms with Crippen LogP contribution in [0.4, 0.5) is 0 Å². The standard InChI is InChI=1S/C61H31Cl2O10/c1-35(2)10-6-11-36(3)49-20-21-50-46-19-18-44-28-37(22-24-60(44,4)51(46)23-25-61(49,50)5)12-9-17-45(42-29-47(58(68)69)54(52(62)31-42)72-33-38-13-7-15-40(26-38)56(64)65)43-30-48(59(70)71)55(53(63)32-43)73-34-39-14-8-16-41(27-39)57(66)67/h7-8,13-16,26-27,29-32,37,46,49-51H,1-5H2,(H,64,65)(H,66,67)(H,68,69)(H,70,71)/p-4/t37-,46-,49+,50-,51-,60-,61+/m0/s1. The lowest BCUT2D eigenvalue weighted by Crippen LogP contribution is -2.54. The first-order chi connectivity index (χ1) is 34.8. The number of carbonyl (C=O) groups is 4. The highest BCUT2D eigenvalue weighted by atomic mass is 35.5. The van der Waals surface area contributed by atoms with Crippen molar-refractivity contribution in [2.24, 2.45) is 40.4 Å². The van der Waals surface area contributed by atoms with E-state index in [9.17, 15) is 39.6 Å². The number of carboxylic acids is 4. The minimum Gasteiger partial charge on any atom is -0.545 e. The van der Waals surface area contributed by atoms with Gasteiger partial charge in [-0.25, -0.2) is 0 Å². The van der Waals surface area contributed by atoms with Gasteiger partial charge in [0, 0.05) is 35.1 Å². The highest BCUT2D eigenvalue weighted by Crippen LogP contribution is 2.67. The molecule has 7 atom stereocenters. The molecule has 4 saturated carbocycles. The van der Waals surface area contributed by atoms with Gasteiger partial charge in [0.2, 0.25) is 13.2 Å². The maximum Gasteiger partial charge on any atom is 0.230 e. The Balaban J connectivity index is 1.04. The molecule has 0 amide bonds. The molecule has 12 heteroatoms. The monoisotopic (exact) mass is 989 g/mol. The van der Waals surface area contributed by atoms with Gasteiger partial charge in [-0.2, -0.15) is 0 Å². The Labute approximate surface area is 440 Å². The van der Waals surface area contributed by atoms with Gasteiger partial charge in [-0.05, 0) is 240 Å². The van der Waals surface area contributed by atoms with Gasteiger partial charge < -0.3 is 49.1 Å². The molecule has 0 saturated heterocycles. The molecule has 41 radical (unpaired) electrons. The number of aromatic carboxylic acids is 4. The summed E-state index contributed by atoms with van der Waals surface area (Å²) in [5, 5.41) is 47.6. The Morgan fingerprint density at radius 2 is 1.21 bits per heavy atom. The topological polar surface area (TPSA) is 179 Å². The van der Waals surface area contributed by atoms with E-state index >= 15 is 0 Å². The van der Waals surface area contributed by atoms with Crippen molar-refractivity contribution in [1.29, 1.82) is 0 Å². The van der Waals surface area contributed by atoms with Crippen LogP contribution in [0.2, 0.25) is 10.0 Å². The molecule has 0 N–H and O–H groups in total. The number of hydrogen-bond acceptors (Lipinski definition) is 10. The SMILES string of the molecule is [CH2][C]([CH2])[C][C][C][C]([CH2])[C@H]1[C][C][C@H]2[C@@H]3[C][C][C]4[C][C@@H]([C][C][C]=C(c5cc(Cl)c(O[C]c6cccc(C(=O)[O-])c6)c(C(=O)[O-])c5)c5cc(Cl)c(O[C]c6cccc(C(=O)[O-])c6)c(C(=O)[O-])c5)[C][C][C@]4([CH2])[C@H]3[C][C][C@]12[CH2]. The van der Waals surface area contributed by atoms with E-state index in [4.69, 9.17) is 32.7 Å². The molecular formula is C61H27Cl2O10-4. The van der Waals surface area contributed by atoms with Crippen molar-refractivity contribution < 1.29 is 49.1 Å². The summed E-state index contributed by atoms with van der Waals surface area (Å²) < 4.78 is 11.1. The van der Waals surface area contributed by atoms with Gasteiger partial charge in [-0.15, -0.1) is 0 Å². The normalized spacial score (nSPS) is 24.6. The number of allylic oxidation sites excluding steroid dienone is 1. The van der Waals surface area contributed by atoms with E-state index in [2.05, 4.69) is 144 Å². The van der Waals surface area contributed by atoms with Crippen molar-refractivity contribution in [2.45, 2.75) is 0 Å². The number of benzene rings is 4. The maximum atomic E-state index is 12.7. The second-order valence-corrected chi connectivity index (χ2v) is 17.5. The summed E-state index contributed by atoms with van der Waals surface area (Å²) in [6, 6.07) is 15.2. The molecular weight excluding hydrogens is 964 g/mol. The maximum absolute atomic E-state index is 12.7. The second-order valence-electron chi connectivity index (χ2n) is 16.6. The summed E-state index contributed by atoms with van der Waals surface area (Å²) in [4.78, 5) is 48.2. The third kappa shape index (κ3) is 11.7. The molecule has 4 aliphatic carbocycles. The number of carbonyl (C=O) groups excluding carboxylic acids is 4. The number of ether oxygens (including phenoxy) is 2. The molecule has 349 valence electrons. The highest BCUT2D eigenvalue weighted by molar-refractivity contribution is 6.33. The zero-order chi connectivity index (χ0) is 52.4. The molecule has 10 nitrogen and oxygen atoms in total. The molecule has 4 aliphatic rings. The Morgan fingerprint density at radius 3 is 1.74 bits per heavy atom. The van der Waals surface area contributed by atoms with Crippen LogP contribution in [0.5, 0.6) is 11.5 Å². The molecule has 4 aromatic rings. The van der Waals surface area contributed by atoms with Crippen molar-refractivity contribution in [2.75, 3.05) is 0 Å². The molecule has 73 heavy (non-hydrogen) atoms. The molecule has 0 aliphatic heterocycles. The van der Waals surface area contributed by atoms with E-state index in [0.717, 1.165) is 12.1 Å². The number of hydrogen-bond donors (Lipinski definition) is 0. The molecule has 0 heterocycles. The van der Waals surface area contributed by atoms with Crippen LogP contribution in [0.1, 0.15) is 63.7 Å². The fourth-order valence-corrected chi connectivity index (χ4v) is 8.74. The lowest BCUT2D eigenvalue weighted by atomic mass is 9.44. The number of fused-ring (bicyclic) bond motifs is 5. The van der Waals surface area contributed by atoms with Crippen LogP contribution in [-0.4, -0.2) is 23.9 Å². The fraction of sp³-hybridized carbons (Fsp3) is 0.115. The van der Waals surface area contributed by atoms with E-state index in [-0.39, 0.29) is 60.8 Å². The van der Waals surface area contributed by atoms with E-state index in [1.165, 1.54) is 60.7 Å². The average Bonchev–Trinajstić information content (AvgIpc) is 3.71. The van der Waals surface area contributed by atoms with Crippen molar-refractivity contribution >= 4 is 52.7 Å². The van der Waals surface area contributed by atoms with Gasteiger partial charge in [-0.3, -0.25) is 0 Å². The lowest BCUT2D eigenvalue weighted by Gasteiger charge is -2.59. The summed E-state index contributed by atoms with van der Waals surface area (Å²) in [6.45, 7) is 25.3. The van der Waals surface area contributed by atoms with Crippen molar-refractivity contribution in [3.8, 4) is 11.5 Å². The Morgan fingerprint density at radius 1 is 0.630 bits per heavy atom. The minimum atomic E-state index is -1.76. The number of carboxylic acid groups (broad SMARTS) is 4. The Hall–Kier alpha value is -5.32. The van der Waals surface area contributed by atoms with Gasteiger partial charge in [0.25, 0.3) is 0 Å². The minimum absolute atomic E-state index is 0.0138. The first kappa shape index (κ1) is 54.0. The van der Waals surface area contributed by atoms with E-state index in [1.54, 1.807) is 0 Å². The largest absolute Gasteiger partial charge is 0.545 e. The summed E-state index contributed by atoms with van der Waals surface area (Å²) >= 11 is 13.3. The van der Waals surface area contributed by atoms with Crippen LogP contribution in [0, 0.1) is 202 Å². The Bertz CT molecular complexity index is 2610. The summed E-state index contributed by atoms with van der Waals surface area (Å²) in [5.41, 5.74) is -3.52. The smallest absolute Gasteiger partial charge is 0.230 e. The zero-order valence-electron chi connectivity index (χ0n) is 37.7. The van der Waals surface area contributed by atoms with Gasteiger partial charge >= 0.3 is 0 Å². The number of rotatable bonds is 20. The fourth-order valence-electron chi connectivity index (χ4n) is 8.22. The summed E-state index contributed by atoms with van der Waals surface area (Å²) in [7, 11) is 0. The van der Waals surface area contributed by atoms with Gasteiger partial charge in [0.15, 0.2) is 0 Å². The van der Waals surface area contributed by atoms with Crippen LogP contribution >= 0.6 is 23.2 Å². The van der Waals surface area contributed by atoms with Crippen molar-refractivity contribution in [3.05, 3.63) is 289 Å². The van der Waals surface area contributed by atoms with Gasteiger partial charge in [0.1, 0.15) is 11.5 Å². The summed E-state index contributed by atoms with van der Waals surface area (Å²) in [5.74, 6) is -8.46. The van der Waals surface area contributed by atoms with Crippen LogP contribution < -0.4 is 29.9 Å². The quantitative estimate of drug-likeness (QED) is 0.120.